The van der Waals surface area contributed by atoms with Gasteiger partial charge in [-0.2, -0.15) is 0 Å². The minimum Gasteiger partial charge on any atom is -0.340 e. The van der Waals surface area contributed by atoms with E-state index in [4.69, 9.17) is 0 Å². The van der Waals surface area contributed by atoms with Crippen LogP contribution in [0.4, 0.5) is 0 Å². The average molecular weight is 289 g/mol. The number of amides is 1. The van der Waals surface area contributed by atoms with Crippen molar-refractivity contribution in [1.82, 2.24) is 10.2 Å². The number of rotatable bonds is 3. The minimum atomic E-state index is 0. The molecule has 0 aromatic carbocycles. The van der Waals surface area contributed by atoms with E-state index in [1.807, 2.05) is 11.9 Å². The number of carbonyl (C=O) groups excluding carboxylic acids is 1. The Morgan fingerprint density at radius 2 is 2.39 bits per heavy atom. The van der Waals surface area contributed by atoms with Gasteiger partial charge in [0.15, 0.2) is 0 Å². The zero-order valence-electron chi connectivity index (χ0n) is 10.9. The molecule has 0 saturated carbocycles. The van der Waals surface area contributed by atoms with Gasteiger partial charge in [0.2, 0.25) is 5.91 Å². The first-order valence-corrected chi connectivity index (χ1v) is 7.05. The predicted molar refractivity (Wildman–Crippen MR) is 78.4 cm³/mol. The van der Waals surface area contributed by atoms with Gasteiger partial charge in [0, 0.05) is 18.5 Å². The number of carbonyl (C=O) groups is 1. The molecule has 2 heterocycles. The Kier molecular flexibility index (Phi) is 6.12. The Labute approximate surface area is 119 Å². The van der Waals surface area contributed by atoms with E-state index in [0.29, 0.717) is 0 Å². The van der Waals surface area contributed by atoms with Crippen molar-refractivity contribution in [3.05, 3.63) is 21.9 Å². The van der Waals surface area contributed by atoms with E-state index >= 15 is 0 Å². The van der Waals surface area contributed by atoms with E-state index in [1.54, 1.807) is 11.3 Å². The maximum absolute atomic E-state index is 12.2. The topological polar surface area (TPSA) is 32.3 Å². The highest BCUT2D eigenvalue weighted by molar-refractivity contribution is 7.10. The number of piperidine rings is 1. The largest absolute Gasteiger partial charge is 0.340 e. The van der Waals surface area contributed by atoms with Crippen molar-refractivity contribution in [3.63, 3.8) is 0 Å². The second-order valence-corrected chi connectivity index (χ2v) is 5.77. The van der Waals surface area contributed by atoms with Crippen LogP contribution in [0.15, 0.2) is 11.4 Å². The molecule has 1 amide bonds. The van der Waals surface area contributed by atoms with Crippen molar-refractivity contribution < 1.29 is 4.79 Å². The van der Waals surface area contributed by atoms with Gasteiger partial charge in [-0.05, 0) is 43.3 Å². The fourth-order valence-corrected chi connectivity index (χ4v) is 3.19. The number of thiophene rings is 1. The summed E-state index contributed by atoms with van der Waals surface area (Å²) >= 11 is 1.73. The molecular weight excluding hydrogens is 268 g/mol. The molecule has 3 nitrogen and oxygen atoms in total. The monoisotopic (exact) mass is 288 g/mol. The van der Waals surface area contributed by atoms with Crippen LogP contribution in [0.2, 0.25) is 0 Å². The van der Waals surface area contributed by atoms with E-state index in [9.17, 15) is 4.79 Å². The normalized spacial score (nSPS) is 19.1. The predicted octanol–water partition coefficient (Wildman–Crippen LogP) is 2.44. The lowest BCUT2D eigenvalue weighted by Crippen LogP contribution is -2.41. The summed E-state index contributed by atoms with van der Waals surface area (Å²) in [5.74, 6) is 0.457. The molecular formula is C13H21ClN2OS. The lowest BCUT2D eigenvalue weighted by Gasteiger charge is -2.26. The first kappa shape index (κ1) is 15.5. The Morgan fingerprint density at radius 1 is 1.61 bits per heavy atom. The van der Waals surface area contributed by atoms with Crippen LogP contribution in [0.25, 0.3) is 0 Å². The molecule has 0 aliphatic carbocycles. The molecule has 102 valence electrons. The van der Waals surface area contributed by atoms with E-state index in [2.05, 4.69) is 23.7 Å². The number of hydrogen-bond donors (Lipinski definition) is 1. The van der Waals surface area contributed by atoms with Gasteiger partial charge in [-0.3, -0.25) is 4.79 Å². The number of nitrogens with one attached hydrogen (secondary N) is 1. The van der Waals surface area contributed by atoms with Crippen molar-refractivity contribution in [1.29, 1.82) is 0 Å². The molecule has 0 unspecified atom stereocenters. The highest BCUT2D eigenvalue weighted by atomic mass is 35.5. The molecule has 0 spiro atoms. The molecule has 1 N–H and O–H groups in total. The minimum absolute atomic E-state index is 0. The highest BCUT2D eigenvalue weighted by Crippen LogP contribution is 2.19. The SMILES string of the molecule is Cc1ccsc1CN(C)C(=O)[C@@H]1CCCNC1.Cl. The van der Waals surface area contributed by atoms with Crippen molar-refractivity contribution in [2.24, 2.45) is 5.92 Å². The Hall–Kier alpha value is -0.580. The fraction of sp³-hybridized carbons (Fsp3) is 0.615. The molecule has 1 aliphatic rings. The van der Waals surface area contributed by atoms with Crippen LogP contribution >= 0.6 is 23.7 Å². The molecule has 1 aromatic rings. The average Bonchev–Trinajstić information content (AvgIpc) is 2.75. The maximum atomic E-state index is 12.2. The van der Waals surface area contributed by atoms with Crippen LogP contribution < -0.4 is 5.32 Å². The summed E-state index contributed by atoms with van der Waals surface area (Å²) in [6.07, 6.45) is 2.14. The number of halogens is 1. The molecule has 1 atom stereocenters. The van der Waals surface area contributed by atoms with Crippen molar-refractivity contribution in [3.8, 4) is 0 Å². The smallest absolute Gasteiger partial charge is 0.227 e. The van der Waals surface area contributed by atoms with Gasteiger partial charge in [0.25, 0.3) is 0 Å². The lowest BCUT2D eigenvalue weighted by molar-refractivity contribution is -0.135. The number of nitrogens with zero attached hydrogens (tertiary/aromatic N) is 1. The van der Waals surface area contributed by atoms with E-state index in [-0.39, 0.29) is 24.2 Å². The number of aryl methyl sites for hydroxylation is 1. The third-order valence-electron chi connectivity index (χ3n) is 3.37. The van der Waals surface area contributed by atoms with Crippen LogP contribution in [0.3, 0.4) is 0 Å². The number of hydrogen-bond acceptors (Lipinski definition) is 3. The van der Waals surface area contributed by atoms with Crippen LogP contribution in [0, 0.1) is 12.8 Å². The summed E-state index contributed by atoms with van der Waals surface area (Å²) in [6, 6.07) is 2.11. The van der Waals surface area contributed by atoms with E-state index < -0.39 is 0 Å². The van der Waals surface area contributed by atoms with Crippen molar-refractivity contribution in [2.45, 2.75) is 26.3 Å². The molecule has 18 heavy (non-hydrogen) atoms. The van der Waals surface area contributed by atoms with Crippen LogP contribution in [-0.4, -0.2) is 30.9 Å². The zero-order chi connectivity index (χ0) is 12.3. The maximum Gasteiger partial charge on any atom is 0.227 e. The Balaban J connectivity index is 0.00000162. The first-order valence-electron chi connectivity index (χ1n) is 6.17. The third kappa shape index (κ3) is 3.70. The molecule has 5 heteroatoms. The summed E-state index contributed by atoms with van der Waals surface area (Å²) in [5, 5.41) is 5.38. The summed E-state index contributed by atoms with van der Waals surface area (Å²) in [7, 11) is 1.91. The second-order valence-electron chi connectivity index (χ2n) is 4.76. The van der Waals surface area contributed by atoms with Gasteiger partial charge in [0.1, 0.15) is 0 Å². The highest BCUT2D eigenvalue weighted by Gasteiger charge is 2.24. The van der Waals surface area contributed by atoms with E-state index in [0.717, 1.165) is 32.5 Å². The van der Waals surface area contributed by atoms with Crippen LogP contribution in [0.5, 0.6) is 0 Å². The summed E-state index contributed by atoms with van der Waals surface area (Å²) in [4.78, 5) is 15.4. The van der Waals surface area contributed by atoms with Gasteiger partial charge in [-0.25, -0.2) is 0 Å². The van der Waals surface area contributed by atoms with Crippen molar-refractivity contribution >= 4 is 29.7 Å². The van der Waals surface area contributed by atoms with Gasteiger partial charge in [0.05, 0.1) is 12.5 Å². The molecule has 1 aromatic heterocycles. The second kappa shape index (κ2) is 7.12. The van der Waals surface area contributed by atoms with E-state index in [1.165, 1.54) is 10.4 Å². The Morgan fingerprint density at radius 3 is 2.94 bits per heavy atom. The molecule has 0 radical (unpaired) electrons. The summed E-state index contributed by atoms with van der Waals surface area (Å²) in [6.45, 7) is 4.75. The van der Waals surface area contributed by atoms with Crippen LogP contribution in [-0.2, 0) is 11.3 Å². The fourth-order valence-electron chi connectivity index (χ4n) is 2.23. The van der Waals surface area contributed by atoms with Crippen LogP contribution in [0.1, 0.15) is 23.3 Å². The molecule has 1 aliphatic heterocycles. The van der Waals surface area contributed by atoms with Gasteiger partial charge < -0.3 is 10.2 Å². The molecule has 1 saturated heterocycles. The third-order valence-corrected chi connectivity index (χ3v) is 4.38. The zero-order valence-corrected chi connectivity index (χ0v) is 12.6. The van der Waals surface area contributed by atoms with Gasteiger partial charge in [-0.1, -0.05) is 0 Å². The Bertz CT molecular complexity index is 388. The van der Waals surface area contributed by atoms with Crippen molar-refractivity contribution in [2.75, 3.05) is 20.1 Å². The molecule has 1 fully saturated rings. The quantitative estimate of drug-likeness (QED) is 0.926. The van der Waals surface area contributed by atoms with Gasteiger partial charge >= 0.3 is 0 Å². The lowest BCUT2D eigenvalue weighted by atomic mass is 9.98. The standard InChI is InChI=1S/C13H20N2OS.ClH/c1-10-5-7-17-12(10)9-15(2)13(16)11-4-3-6-14-8-11;/h5,7,11,14H,3-4,6,8-9H2,1-2H3;1H/t11-;/m1./s1. The van der Waals surface area contributed by atoms with Gasteiger partial charge in [-0.15, -0.1) is 23.7 Å². The summed E-state index contributed by atoms with van der Waals surface area (Å²) < 4.78 is 0. The summed E-state index contributed by atoms with van der Waals surface area (Å²) in [5.41, 5.74) is 1.29. The molecule has 2 rings (SSSR count). The molecule has 0 bridgehead atoms. The first-order chi connectivity index (χ1) is 8.18.